The average Bonchev–Trinajstić information content (AvgIpc) is 2.70. The number of aromatic hydroxyl groups is 1. The molecule has 0 bridgehead atoms. The van der Waals surface area contributed by atoms with E-state index in [1.165, 1.54) is 18.2 Å². The van der Waals surface area contributed by atoms with Gasteiger partial charge in [-0.25, -0.2) is 13.2 Å². The Balaban J connectivity index is 2.10. The van der Waals surface area contributed by atoms with Gasteiger partial charge in [0.25, 0.3) is 0 Å². The molecule has 3 rings (SSSR count). The standard InChI is InChI=1S/C22H24N2O6S/c1-4-30-21(26)19-18(12-31(28,29)17-10-5-13(2)14(3)11-17)23-22(27)24-20(19)15-6-8-16(25)9-7-15/h5-12,19-20,25H,4H2,1-3H3,(H2,23,24,27)/b18-12+/t19-,20-/m1/s1. The van der Waals surface area contributed by atoms with Crippen molar-refractivity contribution in [3.05, 3.63) is 70.3 Å². The van der Waals surface area contributed by atoms with E-state index in [0.717, 1.165) is 16.5 Å². The Morgan fingerprint density at radius 3 is 2.42 bits per heavy atom. The van der Waals surface area contributed by atoms with Gasteiger partial charge in [-0.1, -0.05) is 18.2 Å². The van der Waals surface area contributed by atoms with Crippen LogP contribution in [0.2, 0.25) is 0 Å². The highest BCUT2D eigenvalue weighted by molar-refractivity contribution is 7.94. The zero-order valence-electron chi connectivity index (χ0n) is 17.4. The molecule has 9 heteroatoms. The van der Waals surface area contributed by atoms with Crippen LogP contribution in [0, 0.1) is 19.8 Å². The van der Waals surface area contributed by atoms with Crippen molar-refractivity contribution in [3.8, 4) is 5.75 Å². The number of carbonyl (C=O) groups is 2. The molecular formula is C22H24N2O6S. The molecule has 0 aliphatic carbocycles. The number of amides is 2. The van der Waals surface area contributed by atoms with E-state index in [-0.39, 0.29) is 22.9 Å². The SMILES string of the molecule is CCOC(=O)[C@@H]1/C(=C\S(=O)(=O)c2ccc(C)c(C)c2)NC(=O)N[C@@H]1c1ccc(O)cc1. The Labute approximate surface area is 180 Å². The number of esters is 1. The maximum Gasteiger partial charge on any atom is 0.319 e. The first-order valence-corrected chi connectivity index (χ1v) is 11.2. The molecule has 2 aromatic rings. The maximum atomic E-state index is 13.1. The van der Waals surface area contributed by atoms with Gasteiger partial charge in [0.05, 0.1) is 23.0 Å². The summed E-state index contributed by atoms with van der Waals surface area (Å²) in [7, 11) is -3.97. The highest BCUT2D eigenvalue weighted by Crippen LogP contribution is 2.33. The lowest BCUT2D eigenvalue weighted by Gasteiger charge is -2.33. The van der Waals surface area contributed by atoms with E-state index >= 15 is 0 Å². The van der Waals surface area contributed by atoms with Crippen molar-refractivity contribution in [2.75, 3.05) is 6.61 Å². The Kier molecular flexibility index (Phi) is 6.35. The van der Waals surface area contributed by atoms with Crippen LogP contribution in [0.5, 0.6) is 5.75 Å². The molecule has 1 fully saturated rings. The molecule has 0 saturated carbocycles. The number of sulfone groups is 1. The second-order valence-corrected chi connectivity index (χ2v) is 9.06. The first kappa shape index (κ1) is 22.4. The molecule has 1 aliphatic rings. The van der Waals surface area contributed by atoms with E-state index in [1.54, 1.807) is 38.1 Å². The summed E-state index contributed by atoms with van der Waals surface area (Å²) < 4.78 is 31.3. The number of nitrogens with one attached hydrogen (secondary N) is 2. The van der Waals surface area contributed by atoms with Gasteiger partial charge in [0, 0.05) is 5.70 Å². The van der Waals surface area contributed by atoms with E-state index < -0.39 is 33.8 Å². The quantitative estimate of drug-likeness (QED) is 0.610. The van der Waals surface area contributed by atoms with Crippen molar-refractivity contribution in [2.45, 2.75) is 31.7 Å². The fourth-order valence-corrected chi connectivity index (χ4v) is 4.61. The fraction of sp³-hybridized carbons (Fsp3) is 0.273. The number of rotatable bonds is 5. The van der Waals surface area contributed by atoms with E-state index in [9.17, 15) is 23.1 Å². The first-order valence-electron chi connectivity index (χ1n) is 9.69. The zero-order chi connectivity index (χ0) is 22.8. The fourth-order valence-electron chi connectivity index (χ4n) is 3.33. The van der Waals surface area contributed by atoms with Crippen LogP contribution in [0.15, 0.2) is 58.5 Å². The Bertz CT molecular complexity index is 1140. The highest BCUT2D eigenvalue weighted by Gasteiger charge is 2.40. The number of carbonyl (C=O) groups excluding carboxylic acids is 2. The molecule has 0 aromatic heterocycles. The summed E-state index contributed by atoms with van der Waals surface area (Å²) in [6, 6.07) is 9.12. The molecular weight excluding hydrogens is 420 g/mol. The minimum atomic E-state index is -3.97. The number of ether oxygens (including phenoxy) is 1. The van der Waals surface area contributed by atoms with Crippen LogP contribution >= 0.6 is 0 Å². The smallest absolute Gasteiger partial charge is 0.319 e. The molecule has 1 heterocycles. The van der Waals surface area contributed by atoms with E-state index in [1.807, 2.05) is 6.92 Å². The van der Waals surface area contributed by atoms with Crippen molar-refractivity contribution in [1.82, 2.24) is 10.6 Å². The van der Waals surface area contributed by atoms with Crippen LogP contribution in [0.25, 0.3) is 0 Å². The van der Waals surface area contributed by atoms with Gasteiger partial charge in [0.15, 0.2) is 0 Å². The molecule has 2 amide bonds. The Morgan fingerprint density at radius 1 is 1.13 bits per heavy atom. The summed E-state index contributed by atoms with van der Waals surface area (Å²) in [4.78, 5) is 25.2. The van der Waals surface area contributed by atoms with Crippen molar-refractivity contribution in [3.63, 3.8) is 0 Å². The predicted octanol–water partition coefficient (Wildman–Crippen LogP) is 2.86. The lowest BCUT2D eigenvalue weighted by atomic mass is 9.89. The molecule has 3 N–H and O–H groups in total. The van der Waals surface area contributed by atoms with Gasteiger partial charge in [-0.3, -0.25) is 4.79 Å². The molecule has 31 heavy (non-hydrogen) atoms. The summed E-state index contributed by atoms with van der Waals surface area (Å²) in [6.07, 6.45) is 0. The second-order valence-electron chi connectivity index (χ2n) is 7.26. The molecule has 2 aromatic carbocycles. The van der Waals surface area contributed by atoms with Gasteiger partial charge < -0.3 is 20.5 Å². The summed E-state index contributed by atoms with van der Waals surface area (Å²) in [5.74, 6) is -1.79. The van der Waals surface area contributed by atoms with Gasteiger partial charge in [-0.05, 0) is 61.7 Å². The topological polar surface area (TPSA) is 122 Å². The number of phenols is 1. The predicted molar refractivity (Wildman–Crippen MR) is 114 cm³/mol. The third-order valence-electron chi connectivity index (χ3n) is 5.09. The first-order chi connectivity index (χ1) is 14.6. The summed E-state index contributed by atoms with van der Waals surface area (Å²) in [5, 5.41) is 15.6. The third-order valence-corrected chi connectivity index (χ3v) is 6.57. The molecule has 1 saturated heterocycles. The van der Waals surface area contributed by atoms with Crippen molar-refractivity contribution in [1.29, 1.82) is 0 Å². The van der Waals surface area contributed by atoms with Gasteiger partial charge in [0.2, 0.25) is 9.84 Å². The van der Waals surface area contributed by atoms with E-state index in [4.69, 9.17) is 4.74 Å². The molecule has 0 unspecified atom stereocenters. The maximum absolute atomic E-state index is 13.1. The lowest BCUT2D eigenvalue weighted by Crippen LogP contribution is -2.51. The number of phenolic OH excluding ortho intramolecular Hbond substituents is 1. The van der Waals surface area contributed by atoms with Gasteiger partial charge in [0.1, 0.15) is 11.7 Å². The lowest BCUT2D eigenvalue weighted by molar-refractivity contribution is -0.147. The summed E-state index contributed by atoms with van der Waals surface area (Å²) in [6.45, 7) is 5.40. The number of hydrogen-bond acceptors (Lipinski definition) is 6. The second kappa shape index (κ2) is 8.81. The Hall–Kier alpha value is -3.33. The van der Waals surface area contributed by atoms with Crippen molar-refractivity contribution < 1.29 is 27.9 Å². The van der Waals surface area contributed by atoms with Crippen LogP contribution in [-0.4, -0.2) is 32.1 Å². The van der Waals surface area contributed by atoms with Crippen LogP contribution in [0.1, 0.15) is 29.7 Å². The molecule has 164 valence electrons. The number of urea groups is 1. The largest absolute Gasteiger partial charge is 0.508 e. The average molecular weight is 445 g/mol. The normalized spacial score (nSPS) is 20.1. The molecule has 0 radical (unpaired) electrons. The molecule has 2 atom stereocenters. The molecule has 1 aliphatic heterocycles. The van der Waals surface area contributed by atoms with Crippen LogP contribution in [0.4, 0.5) is 4.79 Å². The highest BCUT2D eigenvalue weighted by atomic mass is 32.2. The zero-order valence-corrected chi connectivity index (χ0v) is 18.2. The number of benzene rings is 2. The van der Waals surface area contributed by atoms with Gasteiger partial charge in [-0.2, -0.15) is 0 Å². The molecule has 8 nitrogen and oxygen atoms in total. The third kappa shape index (κ3) is 4.88. The monoisotopic (exact) mass is 444 g/mol. The van der Waals surface area contributed by atoms with Crippen LogP contribution in [-0.2, 0) is 19.4 Å². The minimum Gasteiger partial charge on any atom is -0.508 e. The van der Waals surface area contributed by atoms with Gasteiger partial charge in [-0.15, -0.1) is 0 Å². The van der Waals surface area contributed by atoms with Crippen molar-refractivity contribution >= 4 is 21.8 Å². The van der Waals surface area contributed by atoms with E-state index in [0.29, 0.717) is 5.56 Å². The summed E-state index contributed by atoms with van der Waals surface area (Å²) in [5.41, 5.74) is 2.18. The van der Waals surface area contributed by atoms with E-state index in [2.05, 4.69) is 10.6 Å². The minimum absolute atomic E-state index is 0.0183. The van der Waals surface area contributed by atoms with Crippen LogP contribution in [0.3, 0.4) is 0 Å². The van der Waals surface area contributed by atoms with Crippen molar-refractivity contribution in [2.24, 2.45) is 5.92 Å². The number of aryl methyl sites for hydroxylation is 2. The summed E-state index contributed by atoms with van der Waals surface area (Å²) >= 11 is 0. The molecule has 0 spiro atoms. The Morgan fingerprint density at radius 2 is 1.81 bits per heavy atom. The van der Waals surface area contributed by atoms with Gasteiger partial charge >= 0.3 is 12.0 Å². The number of hydrogen-bond donors (Lipinski definition) is 3. The van der Waals surface area contributed by atoms with Crippen LogP contribution < -0.4 is 10.6 Å².